The van der Waals surface area contributed by atoms with E-state index >= 15 is 0 Å². The summed E-state index contributed by atoms with van der Waals surface area (Å²) in [6.07, 6.45) is 6.90. The van der Waals surface area contributed by atoms with E-state index in [1.807, 2.05) is 6.08 Å². The SMILES string of the molecule is C/C(=C/CC[C@]1(C)C2CC3C(C2)C31C)C(=O)O. The van der Waals surface area contributed by atoms with Crippen LogP contribution in [-0.2, 0) is 4.79 Å². The molecule has 4 fully saturated rings. The molecule has 0 spiro atoms. The van der Waals surface area contributed by atoms with Gasteiger partial charge in [-0.05, 0) is 61.2 Å². The maximum atomic E-state index is 10.7. The quantitative estimate of drug-likeness (QED) is 0.756. The van der Waals surface area contributed by atoms with Gasteiger partial charge in [-0.3, -0.25) is 0 Å². The number of allylic oxidation sites excluding steroid dienone is 1. The molecule has 3 atom stereocenters. The van der Waals surface area contributed by atoms with E-state index in [2.05, 4.69) is 13.8 Å². The van der Waals surface area contributed by atoms with Crippen molar-refractivity contribution in [3.05, 3.63) is 11.6 Å². The molecule has 4 rings (SSSR count). The Morgan fingerprint density at radius 2 is 1.94 bits per heavy atom. The zero-order chi connectivity index (χ0) is 12.4. The normalized spacial score (nSPS) is 50.8. The van der Waals surface area contributed by atoms with Crippen LogP contribution in [0.4, 0.5) is 0 Å². The van der Waals surface area contributed by atoms with E-state index < -0.39 is 5.97 Å². The summed E-state index contributed by atoms with van der Waals surface area (Å²) in [7, 11) is 0. The van der Waals surface area contributed by atoms with Gasteiger partial charge in [0.25, 0.3) is 0 Å². The lowest BCUT2D eigenvalue weighted by Gasteiger charge is -2.34. The summed E-state index contributed by atoms with van der Waals surface area (Å²) in [6.45, 7) is 6.62. The van der Waals surface area contributed by atoms with Crippen LogP contribution < -0.4 is 0 Å². The zero-order valence-corrected chi connectivity index (χ0v) is 11.0. The average Bonchev–Trinajstić information content (AvgIpc) is 2.64. The molecule has 2 unspecified atom stereocenters. The Bertz CT molecular complexity index is 397. The van der Waals surface area contributed by atoms with Gasteiger partial charge in [0.05, 0.1) is 0 Å². The third-order valence-corrected chi connectivity index (χ3v) is 6.58. The second-order valence-corrected chi connectivity index (χ2v) is 6.81. The van der Waals surface area contributed by atoms with Gasteiger partial charge in [0.2, 0.25) is 0 Å². The first kappa shape index (κ1) is 11.3. The fraction of sp³-hybridized carbons (Fsp3) is 0.800. The molecule has 17 heavy (non-hydrogen) atoms. The van der Waals surface area contributed by atoms with Crippen molar-refractivity contribution in [1.29, 1.82) is 0 Å². The predicted molar refractivity (Wildman–Crippen MR) is 66.5 cm³/mol. The van der Waals surface area contributed by atoms with Crippen LogP contribution in [0.15, 0.2) is 11.6 Å². The van der Waals surface area contributed by atoms with Gasteiger partial charge in [0.15, 0.2) is 0 Å². The van der Waals surface area contributed by atoms with Crippen molar-refractivity contribution in [2.45, 2.75) is 46.5 Å². The smallest absolute Gasteiger partial charge is 0.330 e. The zero-order valence-electron chi connectivity index (χ0n) is 11.0. The Kier molecular flexibility index (Phi) is 2.10. The molecule has 0 aliphatic heterocycles. The Morgan fingerprint density at radius 3 is 2.35 bits per heavy atom. The number of carboxylic acids is 1. The number of rotatable bonds is 4. The fourth-order valence-electron chi connectivity index (χ4n) is 5.18. The Balaban J connectivity index is 1.67. The summed E-state index contributed by atoms with van der Waals surface area (Å²) in [6, 6.07) is 0. The molecule has 0 radical (unpaired) electrons. The number of hydrogen-bond donors (Lipinski definition) is 1. The molecule has 2 nitrogen and oxygen atoms in total. The second-order valence-electron chi connectivity index (χ2n) is 6.81. The van der Waals surface area contributed by atoms with E-state index in [0.717, 1.165) is 24.2 Å². The highest BCUT2D eigenvalue weighted by Gasteiger charge is 2.80. The molecule has 0 saturated heterocycles. The van der Waals surface area contributed by atoms with Crippen molar-refractivity contribution in [3.8, 4) is 0 Å². The molecule has 2 heteroatoms. The molecular formula is C15H22O2. The summed E-state index contributed by atoms with van der Waals surface area (Å²) >= 11 is 0. The van der Waals surface area contributed by atoms with E-state index in [-0.39, 0.29) is 0 Å². The van der Waals surface area contributed by atoms with E-state index in [1.165, 1.54) is 19.3 Å². The molecule has 1 N–H and O–H groups in total. The lowest BCUT2D eigenvalue weighted by molar-refractivity contribution is -0.132. The van der Waals surface area contributed by atoms with Crippen molar-refractivity contribution in [3.63, 3.8) is 0 Å². The van der Waals surface area contributed by atoms with Gasteiger partial charge < -0.3 is 5.11 Å². The first-order valence-corrected chi connectivity index (χ1v) is 6.81. The summed E-state index contributed by atoms with van der Waals surface area (Å²) in [4.78, 5) is 10.7. The van der Waals surface area contributed by atoms with Crippen molar-refractivity contribution in [1.82, 2.24) is 0 Å². The fourth-order valence-corrected chi connectivity index (χ4v) is 5.18. The number of carboxylic acid groups (broad SMARTS) is 1. The molecule has 4 aliphatic carbocycles. The van der Waals surface area contributed by atoms with Crippen LogP contribution in [0.5, 0.6) is 0 Å². The molecule has 0 aromatic carbocycles. The van der Waals surface area contributed by atoms with Crippen molar-refractivity contribution >= 4 is 5.97 Å². The number of hydrogen-bond acceptors (Lipinski definition) is 1. The van der Waals surface area contributed by atoms with Crippen molar-refractivity contribution in [2.24, 2.45) is 28.6 Å². The lowest BCUT2D eigenvalue weighted by Crippen LogP contribution is -2.26. The van der Waals surface area contributed by atoms with Gasteiger partial charge in [0.1, 0.15) is 0 Å². The van der Waals surface area contributed by atoms with Gasteiger partial charge in [-0.2, -0.15) is 0 Å². The van der Waals surface area contributed by atoms with Gasteiger partial charge >= 0.3 is 5.97 Å². The molecule has 4 aliphatic rings. The number of carbonyl (C=O) groups is 1. The summed E-state index contributed by atoms with van der Waals surface area (Å²) in [5.41, 5.74) is 1.58. The van der Waals surface area contributed by atoms with Gasteiger partial charge in [0, 0.05) is 5.57 Å². The topological polar surface area (TPSA) is 37.3 Å². The van der Waals surface area contributed by atoms with E-state index in [4.69, 9.17) is 5.11 Å². The summed E-state index contributed by atoms with van der Waals surface area (Å²) in [5.74, 6) is 2.14. The van der Waals surface area contributed by atoms with Crippen LogP contribution in [0, 0.1) is 28.6 Å². The minimum atomic E-state index is -0.776. The molecular weight excluding hydrogens is 212 g/mol. The average molecular weight is 234 g/mol. The van der Waals surface area contributed by atoms with Crippen molar-refractivity contribution in [2.75, 3.05) is 0 Å². The largest absolute Gasteiger partial charge is 0.478 e. The Morgan fingerprint density at radius 1 is 1.35 bits per heavy atom. The molecule has 0 heterocycles. The summed E-state index contributed by atoms with van der Waals surface area (Å²) in [5, 5.41) is 8.84. The summed E-state index contributed by atoms with van der Waals surface area (Å²) < 4.78 is 0. The highest BCUT2D eigenvalue weighted by atomic mass is 16.4. The third kappa shape index (κ3) is 1.19. The minimum Gasteiger partial charge on any atom is -0.478 e. The highest BCUT2D eigenvalue weighted by Crippen LogP contribution is 2.87. The molecule has 4 saturated carbocycles. The monoisotopic (exact) mass is 234 g/mol. The molecule has 94 valence electrons. The number of aliphatic carboxylic acids is 1. The van der Waals surface area contributed by atoms with Gasteiger partial charge in [-0.25, -0.2) is 4.79 Å². The van der Waals surface area contributed by atoms with E-state index in [0.29, 0.717) is 16.4 Å². The van der Waals surface area contributed by atoms with E-state index in [9.17, 15) is 4.79 Å². The highest BCUT2D eigenvalue weighted by molar-refractivity contribution is 5.85. The van der Waals surface area contributed by atoms with Crippen LogP contribution in [0.1, 0.15) is 46.5 Å². The van der Waals surface area contributed by atoms with Crippen LogP contribution in [0.25, 0.3) is 0 Å². The van der Waals surface area contributed by atoms with Crippen LogP contribution >= 0.6 is 0 Å². The van der Waals surface area contributed by atoms with Gasteiger partial charge in [-0.1, -0.05) is 19.9 Å². The molecule has 0 amide bonds. The molecule has 0 aromatic heterocycles. The van der Waals surface area contributed by atoms with Crippen LogP contribution in [0.2, 0.25) is 0 Å². The Hall–Kier alpha value is -0.790. The van der Waals surface area contributed by atoms with Crippen LogP contribution in [0.3, 0.4) is 0 Å². The Labute approximate surface area is 103 Å². The minimum absolute atomic E-state index is 0.484. The third-order valence-electron chi connectivity index (χ3n) is 6.58. The first-order valence-electron chi connectivity index (χ1n) is 6.81. The molecule has 0 aromatic rings. The molecule has 4 bridgehead atoms. The maximum Gasteiger partial charge on any atom is 0.330 e. The van der Waals surface area contributed by atoms with E-state index in [1.54, 1.807) is 6.92 Å². The standard InChI is InChI=1S/C15H22O2/c1-9(13(16)17)5-4-6-14(2)10-7-11-12(8-10)15(11,14)3/h5,10-12H,4,6-8H2,1-3H3,(H,16,17)/b9-5-/t10?,11?,12?,14-,15?/m1/s1. The van der Waals surface area contributed by atoms with Crippen LogP contribution in [-0.4, -0.2) is 11.1 Å². The predicted octanol–water partition coefficient (Wildman–Crippen LogP) is 3.48. The second kappa shape index (κ2) is 3.15. The van der Waals surface area contributed by atoms with Gasteiger partial charge in [-0.15, -0.1) is 0 Å². The lowest BCUT2D eigenvalue weighted by atomic mass is 9.71. The first-order chi connectivity index (χ1) is 7.91. The van der Waals surface area contributed by atoms with Crippen molar-refractivity contribution < 1.29 is 9.90 Å². The maximum absolute atomic E-state index is 10.7.